The zero-order chi connectivity index (χ0) is 28.7. The second kappa shape index (κ2) is 11.0. The van der Waals surface area contributed by atoms with Crippen LogP contribution in [-0.2, 0) is 13.1 Å². The summed E-state index contributed by atoms with van der Waals surface area (Å²) in [6.07, 6.45) is 7.47. The zero-order valence-electron chi connectivity index (χ0n) is 23.6. The molecule has 2 atom stereocenters. The van der Waals surface area contributed by atoms with Gasteiger partial charge in [0.25, 0.3) is 0 Å². The summed E-state index contributed by atoms with van der Waals surface area (Å²) in [5, 5.41) is 0.357. The number of nitrogens with two attached hydrogens (primary N) is 1. The van der Waals surface area contributed by atoms with Gasteiger partial charge in [-0.05, 0) is 56.5 Å². The van der Waals surface area contributed by atoms with Crippen molar-refractivity contribution in [3.63, 3.8) is 0 Å². The average Bonchev–Trinajstić information content (AvgIpc) is 2.99. The van der Waals surface area contributed by atoms with E-state index in [0.29, 0.717) is 59.2 Å². The SMILES string of the molecule is COc1cc(CN(Cc2cn3c4c(c(C)c(F)cc4c2=O)OCC3C)[C@H]2CCCN(c3ccc(N)nc3)C2)ccn1. The van der Waals surface area contributed by atoms with Gasteiger partial charge >= 0.3 is 0 Å². The molecule has 1 fully saturated rings. The van der Waals surface area contributed by atoms with Crippen LogP contribution in [0.4, 0.5) is 15.9 Å². The predicted molar refractivity (Wildman–Crippen MR) is 157 cm³/mol. The lowest BCUT2D eigenvalue weighted by Crippen LogP contribution is -2.48. The molecule has 1 unspecified atom stereocenters. The number of anilines is 2. The van der Waals surface area contributed by atoms with Crippen LogP contribution in [0.5, 0.6) is 11.6 Å². The summed E-state index contributed by atoms with van der Waals surface area (Å²) < 4.78 is 28.3. The molecule has 10 heteroatoms. The number of rotatable bonds is 7. The van der Waals surface area contributed by atoms with Gasteiger partial charge < -0.3 is 24.7 Å². The van der Waals surface area contributed by atoms with Crippen LogP contribution in [0.3, 0.4) is 0 Å². The highest BCUT2D eigenvalue weighted by molar-refractivity contribution is 5.87. The van der Waals surface area contributed by atoms with Crippen molar-refractivity contribution in [2.24, 2.45) is 0 Å². The largest absolute Gasteiger partial charge is 0.489 e. The maximum Gasteiger partial charge on any atom is 0.213 e. The van der Waals surface area contributed by atoms with E-state index < -0.39 is 5.82 Å². The minimum absolute atomic E-state index is 0.00955. The van der Waals surface area contributed by atoms with Crippen molar-refractivity contribution in [3.05, 3.63) is 81.7 Å². The van der Waals surface area contributed by atoms with E-state index in [-0.39, 0.29) is 17.5 Å². The zero-order valence-corrected chi connectivity index (χ0v) is 23.6. The first-order valence-electron chi connectivity index (χ1n) is 14.0. The topological polar surface area (TPSA) is 98.7 Å². The first-order chi connectivity index (χ1) is 19.8. The molecule has 41 heavy (non-hydrogen) atoms. The minimum atomic E-state index is -0.427. The highest BCUT2D eigenvalue weighted by atomic mass is 19.1. The molecule has 3 aromatic heterocycles. The summed E-state index contributed by atoms with van der Waals surface area (Å²) in [6, 6.07) is 9.26. The third kappa shape index (κ3) is 5.19. The van der Waals surface area contributed by atoms with Gasteiger partial charge in [-0.3, -0.25) is 9.69 Å². The van der Waals surface area contributed by atoms with Gasteiger partial charge in [0, 0.05) is 61.8 Å². The molecule has 2 aliphatic heterocycles. The van der Waals surface area contributed by atoms with Crippen molar-refractivity contribution in [2.45, 2.75) is 51.9 Å². The van der Waals surface area contributed by atoms with Crippen molar-refractivity contribution in [1.82, 2.24) is 19.4 Å². The summed E-state index contributed by atoms with van der Waals surface area (Å²) >= 11 is 0. The molecule has 0 radical (unpaired) electrons. The Kier molecular flexibility index (Phi) is 7.25. The highest BCUT2D eigenvalue weighted by Crippen LogP contribution is 2.36. The Hall–Kier alpha value is -4.18. The van der Waals surface area contributed by atoms with Gasteiger partial charge in [-0.1, -0.05) is 0 Å². The van der Waals surface area contributed by atoms with Crippen molar-refractivity contribution < 1.29 is 13.9 Å². The van der Waals surface area contributed by atoms with Crippen LogP contribution in [0.1, 0.15) is 42.5 Å². The first kappa shape index (κ1) is 27.0. The number of benzene rings is 1. The summed E-state index contributed by atoms with van der Waals surface area (Å²) in [7, 11) is 1.60. The van der Waals surface area contributed by atoms with E-state index in [4.69, 9.17) is 15.2 Å². The maximum atomic E-state index is 14.9. The molecule has 5 heterocycles. The first-order valence-corrected chi connectivity index (χ1v) is 14.0. The standard InChI is InChI=1S/C31H35FN6O3/c1-19-18-41-31-20(2)26(32)12-25-29(31)38(19)16-22(30(25)39)15-37(14-21-8-9-34-28(11-21)40-3)24-5-4-10-36(17-24)23-6-7-27(33)35-13-23/h6-9,11-13,16,19,24H,4-5,10,14-15,17-18H2,1-3H3,(H2,33,35)/t19?,24-/m0/s1. The molecule has 2 aliphatic rings. The Morgan fingerprint density at radius 3 is 2.85 bits per heavy atom. The van der Waals surface area contributed by atoms with E-state index in [2.05, 4.69) is 31.3 Å². The van der Waals surface area contributed by atoms with Crippen LogP contribution in [0, 0.1) is 12.7 Å². The van der Waals surface area contributed by atoms with Gasteiger partial charge in [-0.25, -0.2) is 14.4 Å². The summed E-state index contributed by atoms with van der Waals surface area (Å²) in [6.45, 7) is 6.87. The number of halogens is 1. The number of methoxy groups -OCH3 is 1. The third-order valence-corrected chi connectivity index (χ3v) is 8.29. The van der Waals surface area contributed by atoms with Crippen molar-refractivity contribution in [1.29, 1.82) is 0 Å². The van der Waals surface area contributed by atoms with Crippen LogP contribution < -0.4 is 25.5 Å². The lowest BCUT2D eigenvalue weighted by Gasteiger charge is -2.40. The number of hydrogen-bond acceptors (Lipinski definition) is 8. The Balaban J connectivity index is 1.39. The Morgan fingerprint density at radius 2 is 2.07 bits per heavy atom. The molecule has 0 bridgehead atoms. The smallest absolute Gasteiger partial charge is 0.213 e. The van der Waals surface area contributed by atoms with Crippen LogP contribution in [-0.4, -0.2) is 52.3 Å². The van der Waals surface area contributed by atoms with Gasteiger partial charge in [-0.2, -0.15) is 0 Å². The molecule has 4 aromatic rings. The predicted octanol–water partition coefficient (Wildman–Crippen LogP) is 4.45. The minimum Gasteiger partial charge on any atom is -0.489 e. The Bertz CT molecular complexity index is 1640. The van der Waals surface area contributed by atoms with Crippen LogP contribution in [0.25, 0.3) is 10.9 Å². The molecule has 214 valence electrons. The number of piperidine rings is 1. The van der Waals surface area contributed by atoms with E-state index in [1.807, 2.05) is 36.7 Å². The lowest BCUT2D eigenvalue weighted by atomic mass is 10.0. The van der Waals surface area contributed by atoms with Gasteiger partial charge in [0.2, 0.25) is 5.88 Å². The van der Waals surface area contributed by atoms with Gasteiger partial charge in [0.15, 0.2) is 5.43 Å². The van der Waals surface area contributed by atoms with E-state index in [0.717, 1.165) is 37.2 Å². The summed E-state index contributed by atoms with van der Waals surface area (Å²) in [5.41, 5.74) is 9.46. The normalized spacial score (nSPS) is 18.5. The molecule has 6 rings (SSSR count). The molecule has 0 saturated carbocycles. The fourth-order valence-corrected chi connectivity index (χ4v) is 6.03. The van der Waals surface area contributed by atoms with E-state index in [1.165, 1.54) is 6.07 Å². The van der Waals surface area contributed by atoms with Gasteiger partial charge in [0.05, 0.1) is 35.9 Å². The molecular weight excluding hydrogens is 523 g/mol. The van der Waals surface area contributed by atoms with Crippen LogP contribution in [0.2, 0.25) is 0 Å². The average molecular weight is 559 g/mol. The van der Waals surface area contributed by atoms with Crippen LogP contribution >= 0.6 is 0 Å². The van der Waals surface area contributed by atoms with Gasteiger partial charge in [0.1, 0.15) is 24.0 Å². The lowest BCUT2D eigenvalue weighted by molar-refractivity contribution is 0.157. The summed E-state index contributed by atoms with van der Waals surface area (Å²) in [4.78, 5) is 27.1. The Labute approximate surface area is 238 Å². The molecule has 0 spiro atoms. The quantitative estimate of drug-likeness (QED) is 0.355. The second-order valence-corrected chi connectivity index (χ2v) is 11.1. The van der Waals surface area contributed by atoms with Crippen molar-refractivity contribution in [3.8, 4) is 11.6 Å². The van der Waals surface area contributed by atoms with E-state index >= 15 is 0 Å². The molecule has 9 nitrogen and oxygen atoms in total. The Morgan fingerprint density at radius 1 is 1.22 bits per heavy atom. The second-order valence-electron chi connectivity index (χ2n) is 11.1. The summed E-state index contributed by atoms with van der Waals surface area (Å²) in [5.74, 6) is 1.07. The van der Waals surface area contributed by atoms with E-state index in [1.54, 1.807) is 20.2 Å². The molecule has 1 aromatic carbocycles. The fourth-order valence-electron chi connectivity index (χ4n) is 6.03. The monoisotopic (exact) mass is 558 g/mol. The van der Waals surface area contributed by atoms with Gasteiger partial charge in [-0.15, -0.1) is 0 Å². The number of nitrogens with zero attached hydrogens (tertiary/aromatic N) is 5. The van der Waals surface area contributed by atoms with Crippen molar-refractivity contribution in [2.75, 3.05) is 37.4 Å². The van der Waals surface area contributed by atoms with Crippen LogP contribution in [0.15, 0.2) is 53.7 Å². The molecular formula is C31H35FN6O3. The van der Waals surface area contributed by atoms with Crippen molar-refractivity contribution >= 4 is 22.4 Å². The highest BCUT2D eigenvalue weighted by Gasteiger charge is 2.29. The number of pyridine rings is 3. The fraction of sp³-hybridized carbons (Fsp3) is 0.387. The number of ether oxygens (including phenoxy) is 2. The molecule has 0 amide bonds. The number of hydrogen-bond donors (Lipinski definition) is 1. The molecule has 2 N–H and O–H groups in total. The molecule has 0 aliphatic carbocycles. The third-order valence-electron chi connectivity index (χ3n) is 8.29. The maximum absolute atomic E-state index is 14.9. The van der Waals surface area contributed by atoms with E-state index in [9.17, 15) is 9.18 Å². The number of aromatic nitrogens is 3. The number of nitrogen functional groups attached to an aromatic ring is 1. The molecule has 1 saturated heterocycles.